The Morgan fingerprint density at radius 2 is 2.00 bits per heavy atom. The number of hydrogen-bond acceptors (Lipinski definition) is 3. The standard InChI is InChI=1S/C10H13FN2O2/c11-7-1-3-8(4-2-7)15-6-5-9(12)10(13)14/h1-4,9H,5-6,12H2,(H2,13,14)/t9-/m0/s1. The maximum atomic E-state index is 12.5. The first-order chi connectivity index (χ1) is 7.09. The lowest BCUT2D eigenvalue weighted by molar-refractivity contribution is -0.119. The van der Waals surface area contributed by atoms with E-state index < -0.39 is 11.9 Å². The zero-order valence-electron chi connectivity index (χ0n) is 8.15. The summed E-state index contributed by atoms with van der Waals surface area (Å²) in [5, 5.41) is 0. The molecule has 5 heteroatoms. The predicted molar refractivity (Wildman–Crippen MR) is 53.7 cm³/mol. The van der Waals surface area contributed by atoms with Crippen LogP contribution in [0.15, 0.2) is 24.3 Å². The lowest BCUT2D eigenvalue weighted by Crippen LogP contribution is -2.37. The van der Waals surface area contributed by atoms with Crippen LogP contribution in [0.25, 0.3) is 0 Å². The molecule has 0 spiro atoms. The van der Waals surface area contributed by atoms with Gasteiger partial charge < -0.3 is 16.2 Å². The zero-order chi connectivity index (χ0) is 11.3. The molecule has 0 heterocycles. The van der Waals surface area contributed by atoms with E-state index in [1.807, 2.05) is 0 Å². The quantitative estimate of drug-likeness (QED) is 0.741. The fraction of sp³-hybridized carbons (Fsp3) is 0.300. The summed E-state index contributed by atoms with van der Waals surface area (Å²) < 4.78 is 17.7. The van der Waals surface area contributed by atoms with Crippen molar-refractivity contribution in [3.8, 4) is 5.75 Å². The summed E-state index contributed by atoms with van der Waals surface area (Å²) in [4.78, 5) is 10.6. The molecule has 0 radical (unpaired) electrons. The molecule has 1 amide bonds. The van der Waals surface area contributed by atoms with E-state index >= 15 is 0 Å². The smallest absolute Gasteiger partial charge is 0.234 e. The van der Waals surface area contributed by atoms with E-state index in [0.717, 1.165) is 0 Å². The van der Waals surface area contributed by atoms with Crippen molar-refractivity contribution >= 4 is 5.91 Å². The van der Waals surface area contributed by atoms with Gasteiger partial charge in [0.15, 0.2) is 0 Å². The van der Waals surface area contributed by atoms with Crippen LogP contribution in [-0.4, -0.2) is 18.6 Å². The largest absolute Gasteiger partial charge is 0.494 e. The van der Waals surface area contributed by atoms with Crippen molar-refractivity contribution < 1.29 is 13.9 Å². The van der Waals surface area contributed by atoms with Crippen molar-refractivity contribution in [1.29, 1.82) is 0 Å². The van der Waals surface area contributed by atoms with Gasteiger partial charge in [0, 0.05) is 6.42 Å². The number of carbonyl (C=O) groups is 1. The molecule has 0 saturated carbocycles. The Labute approximate surface area is 87.0 Å². The lowest BCUT2D eigenvalue weighted by atomic mass is 10.2. The Morgan fingerprint density at radius 3 is 2.53 bits per heavy atom. The highest BCUT2D eigenvalue weighted by atomic mass is 19.1. The molecule has 1 aromatic rings. The van der Waals surface area contributed by atoms with Gasteiger partial charge in [-0.2, -0.15) is 0 Å². The third-order valence-electron chi connectivity index (χ3n) is 1.88. The Bertz CT molecular complexity index is 327. The maximum Gasteiger partial charge on any atom is 0.234 e. The van der Waals surface area contributed by atoms with Crippen LogP contribution < -0.4 is 16.2 Å². The number of rotatable bonds is 5. The number of hydrogen-bond donors (Lipinski definition) is 2. The minimum atomic E-state index is -0.703. The second kappa shape index (κ2) is 5.31. The van der Waals surface area contributed by atoms with Crippen LogP contribution in [0.1, 0.15) is 6.42 Å². The van der Waals surface area contributed by atoms with Crippen LogP contribution in [0.2, 0.25) is 0 Å². The number of benzene rings is 1. The van der Waals surface area contributed by atoms with Gasteiger partial charge in [0.05, 0.1) is 12.6 Å². The van der Waals surface area contributed by atoms with Crippen LogP contribution >= 0.6 is 0 Å². The van der Waals surface area contributed by atoms with Crippen LogP contribution in [0.3, 0.4) is 0 Å². The third kappa shape index (κ3) is 3.95. The number of carbonyl (C=O) groups excluding carboxylic acids is 1. The molecule has 0 saturated heterocycles. The van der Waals surface area contributed by atoms with Gasteiger partial charge in [0.2, 0.25) is 5.91 Å². The van der Waals surface area contributed by atoms with E-state index in [0.29, 0.717) is 12.2 Å². The molecule has 0 aliphatic heterocycles. The van der Waals surface area contributed by atoms with E-state index in [1.54, 1.807) is 0 Å². The molecule has 0 unspecified atom stereocenters. The summed E-state index contributed by atoms with van der Waals surface area (Å²) in [6.07, 6.45) is 0.340. The molecule has 1 aromatic carbocycles. The molecule has 0 aromatic heterocycles. The van der Waals surface area contributed by atoms with Crippen LogP contribution in [0.4, 0.5) is 4.39 Å². The number of nitrogens with two attached hydrogens (primary N) is 2. The molecule has 0 bridgehead atoms. The normalized spacial score (nSPS) is 12.1. The van der Waals surface area contributed by atoms with Gasteiger partial charge in [-0.1, -0.05) is 0 Å². The number of amides is 1. The van der Waals surface area contributed by atoms with Gasteiger partial charge in [-0.3, -0.25) is 4.79 Å². The highest BCUT2D eigenvalue weighted by Crippen LogP contribution is 2.11. The van der Waals surface area contributed by atoms with E-state index in [4.69, 9.17) is 16.2 Å². The summed E-state index contributed by atoms with van der Waals surface area (Å²) in [5.74, 6) is -0.345. The molecule has 4 nitrogen and oxygen atoms in total. The number of primary amides is 1. The summed E-state index contributed by atoms with van der Waals surface area (Å²) in [6.45, 7) is 0.274. The van der Waals surface area contributed by atoms with Gasteiger partial charge in [0.25, 0.3) is 0 Å². The topological polar surface area (TPSA) is 78.3 Å². The van der Waals surface area contributed by atoms with Crippen LogP contribution in [0.5, 0.6) is 5.75 Å². The molecule has 1 atom stereocenters. The Morgan fingerprint density at radius 1 is 1.40 bits per heavy atom. The van der Waals surface area contributed by atoms with E-state index in [-0.39, 0.29) is 12.4 Å². The fourth-order valence-corrected chi connectivity index (χ4v) is 0.977. The van der Waals surface area contributed by atoms with Crippen molar-refractivity contribution in [1.82, 2.24) is 0 Å². The van der Waals surface area contributed by atoms with E-state index in [9.17, 15) is 9.18 Å². The van der Waals surface area contributed by atoms with Crippen molar-refractivity contribution in [2.75, 3.05) is 6.61 Å². The van der Waals surface area contributed by atoms with Crippen molar-refractivity contribution in [3.63, 3.8) is 0 Å². The molecule has 1 rings (SSSR count). The van der Waals surface area contributed by atoms with Crippen LogP contribution in [-0.2, 0) is 4.79 Å². The highest BCUT2D eigenvalue weighted by Gasteiger charge is 2.08. The molecule has 0 fully saturated rings. The van der Waals surface area contributed by atoms with Crippen molar-refractivity contribution in [2.45, 2.75) is 12.5 Å². The molecular weight excluding hydrogens is 199 g/mol. The Balaban J connectivity index is 2.32. The average molecular weight is 212 g/mol. The summed E-state index contributed by atoms with van der Waals surface area (Å²) in [7, 11) is 0. The molecule has 82 valence electrons. The van der Waals surface area contributed by atoms with Gasteiger partial charge in [0.1, 0.15) is 11.6 Å². The first-order valence-electron chi connectivity index (χ1n) is 4.53. The monoisotopic (exact) mass is 212 g/mol. The van der Waals surface area contributed by atoms with Crippen molar-refractivity contribution in [2.24, 2.45) is 11.5 Å². The lowest BCUT2D eigenvalue weighted by Gasteiger charge is -2.08. The van der Waals surface area contributed by atoms with Gasteiger partial charge in [-0.05, 0) is 24.3 Å². The highest BCUT2D eigenvalue weighted by molar-refractivity contribution is 5.79. The third-order valence-corrected chi connectivity index (χ3v) is 1.88. The minimum Gasteiger partial charge on any atom is -0.494 e. The fourth-order valence-electron chi connectivity index (χ4n) is 0.977. The van der Waals surface area contributed by atoms with Crippen LogP contribution in [0, 0.1) is 5.82 Å². The molecule has 0 aliphatic rings. The molecular formula is C10H13FN2O2. The molecule has 0 aliphatic carbocycles. The number of ether oxygens (including phenoxy) is 1. The van der Waals surface area contributed by atoms with E-state index in [1.165, 1.54) is 24.3 Å². The Hall–Kier alpha value is -1.62. The average Bonchev–Trinajstić information content (AvgIpc) is 2.20. The summed E-state index contributed by atoms with van der Waals surface area (Å²) in [6, 6.07) is 4.90. The first kappa shape index (κ1) is 11.5. The number of halogens is 1. The Kier molecular flexibility index (Phi) is 4.05. The first-order valence-corrected chi connectivity index (χ1v) is 4.53. The maximum absolute atomic E-state index is 12.5. The minimum absolute atomic E-state index is 0.274. The summed E-state index contributed by atoms with van der Waals surface area (Å²) in [5.41, 5.74) is 10.4. The second-order valence-corrected chi connectivity index (χ2v) is 3.10. The second-order valence-electron chi connectivity index (χ2n) is 3.10. The zero-order valence-corrected chi connectivity index (χ0v) is 8.15. The molecule has 4 N–H and O–H groups in total. The van der Waals surface area contributed by atoms with Gasteiger partial charge >= 0.3 is 0 Å². The van der Waals surface area contributed by atoms with Crippen molar-refractivity contribution in [3.05, 3.63) is 30.1 Å². The SMILES string of the molecule is NC(=O)[C@@H](N)CCOc1ccc(F)cc1. The van der Waals surface area contributed by atoms with E-state index in [2.05, 4.69) is 0 Å². The van der Waals surface area contributed by atoms with Gasteiger partial charge in [-0.25, -0.2) is 4.39 Å². The van der Waals surface area contributed by atoms with Gasteiger partial charge in [-0.15, -0.1) is 0 Å². The molecule has 15 heavy (non-hydrogen) atoms. The summed E-state index contributed by atoms with van der Waals surface area (Å²) >= 11 is 0. The predicted octanol–water partition coefficient (Wildman–Crippen LogP) is 0.407.